The van der Waals surface area contributed by atoms with Gasteiger partial charge in [-0.3, -0.25) is 0 Å². The summed E-state index contributed by atoms with van der Waals surface area (Å²) in [5, 5.41) is 12.4. The number of hydrogen-bond acceptors (Lipinski definition) is 2. The zero-order chi connectivity index (χ0) is 16.2. The fraction of sp³-hybridized carbons (Fsp3) is 0.0556. The van der Waals surface area contributed by atoms with E-state index in [0.717, 1.165) is 11.1 Å². The Balaban J connectivity index is 2.11. The highest BCUT2D eigenvalue weighted by molar-refractivity contribution is 7.85. The normalized spacial score (nSPS) is 13.4. The summed E-state index contributed by atoms with van der Waals surface area (Å²) in [6, 6.07) is 21.7. The lowest BCUT2D eigenvalue weighted by molar-refractivity contribution is -0.646. The summed E-state index contributed by atoms with van der Waals surface area (Å²) in [6.45, 7) is 0. The van der Waals surface area contributed by atoms with E-state index in [1.807, 2.05) is 42.5 Å². The van der Waals surface area contributed by atoms with Gasteiger partial charge in [0.1, 0.15) is 10.8 Å². The molecule has 0 aliphatic heterocycles. The molecule has 5 heteroatoms. The maximum atomic E-state index is 13.1. The van der Waals surface area contributed by atoms with Crippen LogP contribution in [0.2, 0.25) is 5.02 Å². The Morgan fingerprint density at radius 1 is 0.870 bits per heavy atom. The van der Waals surface area contributed by atoms with Crippen molar-refractivity contribution < 1.29 is 8.94 Å². The largest absolute Gasteiger partial charge is 0.618 e. The van der Waals surface area contributed by atoms with E-state index in [4.69, 9.17) is 11.6 Å². The van der Waals surface area contributed by atoms with Crippen molar-refractivity contribution in [3.8, 4) is 0 Å². The molecule has 23 heavy (non-hydrogen) atoms. The van der Waals surface area contributed by atoms with E-state index in [-0.39, 0.29) is 5.03 Å². The molecule has 0 fully saturated rings. The smallest absolute Gasteiger partial charge is 0.282 e. The van der Waals surface area contributed by atoms with Crippen molar-refractivity contribution in [2.45, 2.75) is 10.3 Å². The van der Waals surface area contributed by atoms with Crippen molar-refractivity contribution in [3.05, 3.63) is 100 Å². The Labute approximate surface area is 142 Å². The summed E-state index contributed by atoms with van der Waals surface area (Å²) in [5.41, 5.74) is 1.74. The molecule has 0 aliphatic carbocycles. The number of halogens is 1. The van der Waals surface area contributed by atoms with Crippen LogP contribution in [0.3, 0.4) is 0 Å². The van der Waals surface area contributed by atoms with Gasteiger partial charge in [0.05, 0.1) is 5.25 Å². The monoisotopic (exact) mass is 343 g/mol. The Morgan fingerprint density at radius 3 is 2.13 bits per heavy atom. The van der Waals surface area contributed by atoms with Crippen molar-refractivity contribution >= 4 is 22.4 Å². The van der Waals surface area contributed by atoms with Gasteiger partial charge in [-0.1, -0.05) is 54.1 Å². The van der Waals surface area contributed by atoms with Gasteiger partial charge >= 0.3 is 0 Å². The highest BCUT2D eigenvalue weighted by atomic mass is 35.5. The van der Waals surface area contributed by atoms with Gasteiger partial charge in [-0.25, -0.2) is 4.21 Å². The molecule has 0 saturated carbocycles. The Bertz CT molecular complexity index is 822. The van der Waals surface area contributed by atoms with E-state index in [2.05, 4.69) is 0 Å². The van der Waals surface area contributed by atoms with E-state index in [1.165, 1.54) is 6.20 Å². The van der Waals surface area contributed by atoms with Crippen LogP contribution in [0.5, 0.6) is 0 Å². The van der Waals surface area contributed by atoms with Gasteiger partial charge in [0.25, 0.3) is 5.03 Å². The Kier molecular flexibility index (Phi) is 4.74. The lowest BCUT2D eigenvalue weighted by atomic mass is 10.0. The van der Waals surface area contributed by atoms with E-state index in [9.17, 15) is 9.42 Å². The van der Waals surface area contributed by atoms with Crippen LogP contribution in [0.4, 0.5) is 0 Å². The first-order valence-electron chi connectivity index (χ1n) is 7.06. The first-order chi connectivity index (χ1) is 11.2. The second-order valence-corrected chi connectivity index (χ2v) is 6.93. The topological polar surface area (TPSA) is 44.0 Å². The number of aromatic nitrogens is 1. The lowest BCUT2D eigenvalue weighted by Gasteiger charge is -2.17. The number of rotatable bonds is 4. The van der Waals surface area contributed by atoms with E-state index in [0.29, 0.717) is 9.75 Å². The number of hydrogen-bond donors (Lipinski definition) is 0. The van der Waals surface area contributed by atoms with Crippen LogP contribution >= 0.6 is 11.6 Å². The van der Waals surface area contributed by atoms with Gasteiger partial charge in [-0.05, 0) is 29.3 Å². The first-order valence-corrected chi connectivity index (χ1v) is 8.65. The van der Waals surface area contributed by atoms with Gasteiger partial charge < -0.3 is 5.21 Å². The summed E-state index contributed by atoms with van der Waals surface area (Å²) in [6.07, 6.45) is 1.36. The molecule has 2 unspecified atom stereocenters. The minimum Gasteiger partial charge on any atom is -0.618 e. The van der Waals surface area contributed by atoms with Gasteiger partial charge in [-0.2, -0.15) is 4.73 Å². The highest BCUT2D eigenvalue weighted by Crippen LogP contribution is 2.31. The van der Waals surface area contributed by atoms with Gasteiger partial charge in [0.15, 0.2) is 6.20 Å². The third kappa shape index (κ3) is 3.44. The number of pyridine rings is 1. The fourth-order valence-electron chi connectivity index (χ4n) is 2.39. The van der Waals surface area contributed by atoms with Crippen molar-refractivity contribution in [1.29, 1.82) is 0 Å². The molecular weight excluding hydrogens is 330 g/mol. The first kappa shape index (κ1) is 15.7. The van der Waals surface area contributed by atoms with Crippen LogP contribution in [0.1, 0.15) is 16.4 Å². The summed E-state index contributed by atoms with van der Waals surface area (Å²) in [5.74, 6) is 0. The lowest BCUT2D eigenvalue weighted by Crippen LogP contribution is -2.32. The summed E-state index contributed by atoms with van der Waals surface area (Å²) in [7, 11) is -1.53. The van der Waals surface area contributed by atoms with E-state index in [1.54, 1.807) is 30.3 Å². The van der Waals surface area contributed by atoms with Crippen molar-refractivity contribution in [2.75, 3.05) is 0 Å². The molecule has 1 aromatic heterocycles. The number of benzene rings is 2. The van der Waals surface area contributed by atoms with Gasteiger partial charge in [0, 0.05) is 17.2 Å². The molecule has 3 aromatic rings. The van der Waals surface area contributed by atoms with Crippen LogP contribution < -0.4 is 4.73 Å². The summed E-state index contributed by atoms with van der Waals surface area (Å²) >= 11 is 5.95. The third-order valence-corrected chi connectivity index (χ3v) is 5.44. The average molecular weight is 344 g/mol. The molecule has 0 N–H and O–H groups in total. The molecule has 116 valence electrons. The van der Waals surface area contributed by atoms with E-state index < -0.39 is 16.0 Å². The number of nitrogens with zero attached hydrogens (tertiary/aromatic N) is 1. The molecule has 0 spiro atoms. The molecule has 3 rings (SSSR count). The molecule has 2 atom stereocenters. The third-order valence-electron chi connectivity index (χ3n) is 3.48. The zero-order valence-electron chi connectivity index (χ0n) is 12.1. The standard InChI is InChI=1S/C18H14ClNO2S/c19-16-11-9-15(10-12-16)18(14-6-2-1-3-7-14)23(22)17-8-4-5-13-20(17)21/h1-13,18H. The Morgan fingerprint density at radius 2 is 1.48 bits per heavy atom. The van der Waals surface area contributed by atoms with E-state index >= 15 is 0 Å². The molecule has 0 aliphatic rings. The second kappa shape index (κ2) is 6.94. The SMILES string of the molecule is O=S(c1cccc[n+]1[O-])C(c1ccccc1)c1ccc(Cl)cc1. The Hall–Kier alpha value is -2.17. The van der Waals surface area contributed by atoms with Crippen LogP contribution in [0.15, 0.2) is 84.0 Å². The predicted molar refractivity (Wildman–Crippen MR) is 91.5 cm³/mol. The van der Waals surface area contributed by atoms with Crippen LogP contribution in [0.25, 0.3) is 0 Å². The fourth-order valence-corrected chi connectivity index (χ4v) is 4.02. The zero-order valence-corrected chi connectivity index (χ0v) is 13.7. The summed E-state index contributed by atoms with van der Waals surface area (Å²) in [4.78, 5) is 0. The van der Waals surface area contributed by atoms with Crippen molar-refractivity contribution in [3.63, 3.8) is 0 Å². The second-order valence-electron chi connectivity index (χ2n) is 5.00. The minimum atomic E-state index is -1.53. The molecule has 2 aromatic carbocycles. The molecule has 0 saturated heterocycles. The maximum Gasteiger partial charge on any atom is 0.282 e. The predicted octanol–water partition coefficient (Wildman–Crippen LogP) is 3.87. The van der Waals surface area contributed by atoms with Gasteiger partial charge in [0.2, 0.25) is 0 Å². The maximum absolute atomic E-state index is 13.1. The van der Waals surface area contributed by atoms with Crippen molar-refractivity contribution in [1.82, 2.24) is 0 Å². The molecule has 1 heterocycles. The highest BCUT2D eigenvalue weighted by Gasteiger charge is 2.27. The molecule has 0 radical (unpaired) electrons. The average Bonchev–Trinajstić information content (AvgIpc) is 2.58. The van der Waals surface area contributed by atoms with Crippen LogP contribution in [-0.4, -0.2) is 4.21 Å². The van der Waals surface area contributed by atoms with Crippen molar-refractivity contribution in [2.24, 2.45) is 0 Å². The quantitative estimate of drug-likeness (QED) is 0.533. The minimum absolute atomic E-state index is 0.233. The van der Waals surface area contributed by atoms with Crippen LogP contribution in [0, 0.1) is 5.21 Å². The van der Waals surface area contributed by atoms with Gasteiger partial charge in [-0.15, -0.1) is 0 Å². The molecular formula is C18H14ClNO2S. The van der Waals surface area contributed by atoms with Crippen LogP contribution in [-0.2, 0) is 10.8 Å². The molecule has 3 nitrogen and oxygen atoms in total. The molecule has 0 bridgehead atoms. The molecule has 0 amide bonds. The summed E-state index contributed by atoms with van der Waals surface area (Å²) < 4.78 is 13.8.